The summed E-state index contributed by atoms with van der Waals surface area (Å²) in [6, 6.07) is 15.0. The average molecular weight is 447 g/mol. The number of benzene rings is 2. The first-order valence-corrected chi connectivity index (χ1v) is 10.7. The third kappa shape index (κ3) is 4.02. The molecule has 0 N–H and O–H groups in total. The first kappa shape index (κ1) is 20.1. The largest absolute Gasteiger partial charge is 0.497 e. The molecule has 3 heterocycles. The SMILES string of the molecule is COc1ccc(-c2nc(COC(=O)CSc3ncnc4c3oc3ccccc34)co2)cc1. The van der Waals surface area contributed by atoms with Crippen molar-refractivity contribution in [3.05, 3.63) is 66.8 Å². The summed E-state index contributed by atoms with van der Waals surface area (Å²) in [7, 11) is 1.61. The van der Waals surface area contributed by atoms with Gasteiger partial charge in [0.25, 0.3) is 0 Å². The van der Waals surface area contributed by atoms with E-state index in [1.54, 1.807) is 7.11 Å². The van der Waals surface area contributed by atoms with Crippen molar-refractivity contribution in [2.45, 2.75) is 11.6 Å². The van der Waals surface area contributed by atoms with Crippen molar-refractivity contribution in [2.24, 2.45) is 0 Å². The summed E-state index contributed by atoms with van der Waals surface area (Å²) in [5.41, 5.74) is 3.34. The fourth-order valence-electron chi connectivity index (χ4n) is 3.17. The molecule has 0 bridgehead atoms. The van der Waals surface area contributed by atoms with Crippen LogP contribution in [-0.4, -0.2) is 33.8 Å². The number of carbonyl (C=O) groups excluding carboxylic acids is 1. The maximum Gasteiger partial charge on any atom is 0.316 e. The molecule has 160 valence electrons. The molecule has 0 unspecified atom stereocenters. The second kappa shape index (κ2) is 8.72. The highest BCUT2D eigenvalue weighted by atomic mass is 32.2. The van der Waals surface area contributed by atoms with E-state index < -0.39 is 5.97 Å². The van der Waals surface area contributed by atoms with Crippen LogP contribution in [0.15, 0.2) is 75.0 Å². The Kier molecular flexibility index (Phi) is 5.47. The van der Waals surface area contributed by atoms with Gasteiger partial charge in [0.1, 0.15) is 46.8 Å². The summed E-state index contributed by atoms with van der Waals surface area (Å²) in [5, 5.41) is 1.50. The van der Waals surface area contributed by atoms with Gasteiger partial charge in [-0.3, -0.25) is 4.79 Å². The standard InChI is InChI=1S/C23H17N3O5S/c1-28-16-8-6-14(7-9-16)22-26-15(11-30-22)10-29-19(27)12-32-23-21-20(24-13-25-23)17-4-2-3-5-18(17)31-21/h2-9,11,13H,10,12H2,1H3. The molecule has 0 spiro atoms. The summed E-state index contributed by atoms with van der Waals surface area (Å²) >= 11 is 1.24. The fraction of sp³-hybridized carbons (Fsp3) is 0.130. The number of oxazole rings is 1. The van der Waals surface area contributed by atoms with E-state index in [2.05, 4.69) is 15.0 Å². The van der Waals surface area contributed by atoms with Crippen LogP contribution in [0.1, 0.15) is 5.69 Å². The van der Waals surface area contributed by atoms with Gasteiger partial charge in [-0.25, -0.2) is 15.0 Å². The van der Waals surface area contributed by atoms with E-state index in [4.69, 9.17) is 18.3 Å². The van der Waals surface area contributed by atoms with Gasteiger partial charge in [0.2, 0.25) is 5.89 Å². The highest BCUT2D eigenvalue weighted by Crippen LogP contribution is 2.32. The minimum atomic E-state index is -0.396. The molecule has 32 heavy (non-hydrogen) atoms. The summed E-state index contributed by atoms with van der Waals surface area (Å²) in [4.78, 5) is 25.2. The summed E-state index contributed by atoms with van der Waals surface area (Å²) in [6.07, 6.45) is 2.94. The Hall–Kier alpha value is -3.85. The van der Waals surface area contributed by atoms with Crippen molar-refractivity contribution in [1.29, 1.82) is 0 Å². The number of thioether (sulfide) groups is 1. The Morgan fingerprint density at radius 3 is 2.78 bits per heavy atom. The lowest BCUT2D eigenvalue weighted by Gasteiger charge is -2.02. The van der Waals surface area contributed by atoms with E-state index in [9.17, 15) is 4.79 Å². The van der Waals surface area contributed by atoms with Crippen LogP contribution in [0.5, 0.6) is 5.75 Å². The van der Waals surface area contributed by atoms with E-state index in [0.717, 1.165) is 27.8 Å². The first-order valence-electron chi connectivity index (χ1n) is 9.71. The van der Waals surface area contributed by atoms with Crippen molar-refractivity contribution in [1.82, 2.24) is 15.0 Å². The average Bonchev–Trinajstić information content (AvgIpc) is 3.46. The Bertz CT molecular complexity index is 1390. The highest BCUT2D eigenvalue weighted by Gasteiger charge is 2.15. The van der Waals surface area contributed by atoms with Crippen molar-refractivity contribution in [3.63, 3.8) is 0 Å². The lowest BCUT2D eigenvalue weighted by Crippen LogP contribution is -2.07. The Labute approximate surface area is 186 Å². The van der Waals surface area contributed by atoms with Crippen molar-refractivity contribution >= 4 is 39.8 Å². The number of methoxy groups -OCH3 is 1. The monoisotopic (exact) mass is 447 g/mol. The van der Waals surface area contributed by atoms with Gasteiger partial charge in [-0.1, -0.05) is 23.9 Å². The predicted molar refractivity (Wildman–Crippen MR) is 118 cm³/mol. The maximum atomic E-state index is 12.3. The predicted octanol–water partition coefficient (Wildman–Crippen LogP) is 4.88. The smallest absolute Gasteiger partial charge is 0.316 e. The minimum absolute atomic E-state index is 0.0167. The van der Waals surface area contributed by atoms with Crippen LogP contribution in [0.3, 0.4) is 0 Å². The van der Waals surface area contributed by atoms with Crippen LogP contribution >= 0.6 is 11.8 Å². The molecule has 9 heteroatoms. The van der Waals surface area contributed by atoms with Crippen LogP contribution in [0, 0.1) is 0 Å². The van der Waals surface area contributed by atoms with Gasteiger partial charge >= 0.3 is 5.97 Å². The van der Waals surface area contributed by atoms with E-state index in [0.29, 0.717) is 22.2 Å². The lowest BCUT2D eigenvalue weighted by atomic mass is 10.2. The van der Waals surface area contributed by atoms with Gasteiger partial charge in [-0.15, -0.1) is 0 Å². The van der Waals surface area contributed by atoms with Crippen LogP contribution in [0.2, 0.25) is 0 Å². The number of para-hydroxylation sites is 1. The van der Waals surface area contributed by atoms with Gasteiger partial charge in [0.05, 0.1) is 12.9 Å². The van der Waals surface area contributed by atoms with E-state index in [-0.39, 0.29) is 12.4 Å². The first-order chi connectivity index (χ1) is 15.7. The van der Waals surface area contributed by atoms with E-state index in [1.165, 1.54) is 24.4 Å². The molecule has 8 nitrogen and oxygen atoms in total. The van der Waals surface area contributed by atoms with Gasteiger partial charge in [0, 0.05) is 10.9 Å². The quantitative estimate of drug-likeness (QED) is 0.196. The Balaban J connectivity index is 1.20. The molecule has 3 aromatic heterocycles. The Morgan fingerprint density at radius 1 is 1.09 bits per heavy atom. The number of carbonyl (C=O) groups is 1. The number of furan rings is 1. The minimum Gasteiger partial charge on any atom is -0.497 e. The molecule has 0 saturated heterocycles. The Morgan fingerprint density at radius 2 is 1.94 bits per heavy atom. The molecule has 0 fully saturated rings. The van der Waals surface area contributed by atoms with Crippen LogP contribution in [-0.2, 0) is 16.1 Å². The summed E-state index contributed by atoms with van der Waals surface area (Å²) < 4.78 is 21.8. The number of aromatic nitrogens is 3. The molecule has 0 atom stereocenters. The third-order valence-electron chi connectivity index (χ3n) is 4.72. The number of esters is 1. The van der Waals surface area contributed by atoms with Crippen LogP contribution in [0.4, 0.5) is 0 Å². The van der Waals surface area contributed by atoms with Gasteiger partial charge < -0.3 is 18.3 Å². The summed E-state index contributed by atoms with van der Waals surface area (Å²) in [6.45, 7) is 0.0167. The summed E-state index contributed by atoms with van der Waals surface area (Å²) in [5.74, 6) is 0.871. The maximum absolute atomic E-state index is 12.3. The molecule has 2 aromatic carbocycles. The molecule has 0 aliphatic rings. The van der Waals surface area contributed by atoms with Crippen LogP contribution in [0.25, 0.3) is 33.5 Å². The zero-order chi connectivity index (χ0) is 21.9. The van der Waals surface area contributed by atoms with Crippen molar-refractivity contribution < 1.29 is 23.1 Å². The van der Waals surface area contributed by atoms with Gasteiger partial charge in [-0.2, -0.15) is 0 Å². The topological polar surface area (TPSA) is 100 Å². The number of nitrogens with zero attached hydrogens (tertiary/aromatic N) is 3. The fourth-order valence-corrected chi connectivity index (χ4v) is 3.90. The highest BCUT2D eigenvalue weighted by molar-refractivity contribution is 8.00. The molecule has 0 amide bonds. The zero-order valence-electron chi connectivity index (χ0n) is 17.0. The number of hydrogen-bond donors (Lipinski definition) is 0. The molecular formula is C23H17N3O5S. The lowest BCUT2D eigenvalue weighted by molar-refractivity contribution is -0.141. The molecule has 5 aromatic rings. The van der Waals surface area contributed by atoms with Crippen molar-refractivity contribution in [2.75, 3.05) is 12.9 Å². The molecule has 0 radical (unpaired) electrons. The normalized spacial score (nSPS) is 11.2. The molecule has 0 aliphatic heterocycles. The molecular weight excluding hydrogens is 430 g/mol. The second-order valence-electron chi connectivity index (χ2n) is 6.78. The van der Waals surface area contributed by atoms with Gasteiger partial charge in [0.15, 0.2) is 5.58 Å². The third-order valence-corrected chi connectivity index (χ3v) is 5.67. The van der Waals surface area contributed by atoms with Gasteiger partial charge in [-0.05, 0) is 36.4 Å². The second-order valence-corrected chi connectivity index (χ2v) is 7.74. The number of hydrogen-bond acceptors (Lipinski definition) is 9. The van der Waals surface area contributed by atoms with E-state index >= 15 is 0 Å². The number of rotatable bonds is 7. The van der Waals surface area contributed by atoms with Crippen LogP contribution < -0.4 is 4.74 Å². The van der Waals surface area contributed by atoms with E-state index in [1.807, 2.05) is 48.5 Å². The zero-order valence-corrected chi connectivity index (χ0v) is 17.8. The number of fused-ring (bicyclic) bond motifs is 3. The molecule has 0 aliphatic carbocycles. The number of ether oxygens (including phenoxy) is 2. The molecule has 5 rings (SSSR count). The molecule has 0 saturated carbocycles. The van der Waals surface area contributed by atoms with Crippen molar-refractivity contribution in [3.8, 4) is 17.2 Å².